The van der Waals surface area contributed by atoms with Gasteiger partial charge in [0, 0.05) is 51.4 Å². The van der Waals surface area contributed by atoms with Gasteiger partial charge in [-0.1, -0.05) is 78.9 Å². The molecule has 53 heavy (non-hydrogen) atoms. The maximum Gasteiger partial charge on any atom is 0.135 e. The van der Waals surface area contributed by atoms with Gasteiger partial charge in [0.1, 0.15) is 22.7 Å². The van der Waals surface area contributed by atoms with Gasteiger partial charge in [0.15, 0.2) is 0 Å². The fraction of sp³-hybridized carbons (Fsp3) is 0.0816. The molecule has 2 aliphatic carbocycles. The lowest BCUT2D eigenvalue weighted by atomic mass is 9.98. The maximum atomic E-state index is 6.35. The number of pyridine rings is 1. The minimum absolute atomic E-state index is 0.889. The van der Waals surface area contributed by atoms with Crippen molar-refractivity contribution in [3.63, 3.8) is 0 Å². The van der Waals surface area contributed by atoms with Crippen LogP contribution in [0.3, 0.4) is 0 Å². The van der Waals surface area contributed by atoms with Gasteiger partial charge in [-0.05, 0) is 138 Å². The van der Waals surface area contributed by atoms with E-state index < -0.39 is 0 Å². The van der Waals surface area contributed by atoms with Gasteiger partial charge >= 0.3 is 0 Å². The molecule has 2 aliphatic rings. The van der Waals surface area contributed by atoms with Crippen molar-refractivity contribution in [3.8, 4) is 22.3 Å². The molecule has 0 unspecified atom stereocenters. The van der Waals surface area contributed by atoms with Crippen LogP contribution < -0.4 is 4.90 Å². The van der Waals surface area contributed by atoms with Crippen molar-refractivity contribution in [2.24, 2.45) is 0 Å². The average Bonchev–Trinajstić information content (AvgIpc) is 3.76. The summed E-state index contributed by atoms with van der Waals surface area (Å²) < 4.78 is 12.7. The average molecular weight is 685 g/mol. The number of hydrogen-bond acceptors (Lipinski definition) is 4. The van der Waals surface area contributed by atoms with Crippen LogP contribution in [0.5, 0.6) is 0 Å². The molecule has 0 radical (unpaired) electrons. The van der Waals surface area contributed by atoms with Crippen LogP contribution in [0.1, 0.15) is 35.5 Å². The molecular formula is C49H36N2O2. The number of allylic oxidation sites excluding steroid dienone is 2. The van der Waals surface area contributed by atoms with Crippen molar-refractivity contribution >= 4 is 61.9 Å². The Morgan fingerprint density at radius 1 is 0.453 bits per heavy atom. The summed E-state index contributed by atoms with van der Waals surface area (Å²) in [4.78, 5) is 6.48. The van der Waals surface area contributed by atoms with E-state index in [1.807, 2.05) is 24.5 Å². The van der Waals surface area contributed by atoms with Crippen LogP contribution in [-0.2, 0) is 12.8 Å². The lowest BCUT2D eigenvalue weighted by Gasteiger charge is -2.25. The van der Waals surface area contributed by atoms with Gasteiger partial charge < -0.3 is 13.7 Å². The zero-order valence-electron chi connectivity index (χ0n) is 29.2. The summed E-state index contributed by atoms with van der Waals surface area (Å²) in [5.74, 6) is 1.96. The Hall–Kier alpha value is -6.65. The van der Waals surface area contributed by atoms with Gasteiger partial charge in [-0.3, -0.25) is 4.98 Å². The van der Waals surface area contributed by atoms with Gasteiger partial charge in [0.2, 0.25) is 0 Å². The molecule has 3 heterocycles. The second-order valence-electron chi connectivity index (χ2n) is 13.8. The highest BCUT2D eigenvalue weighted by atomic mass is 16.3. The van der Waals surface area contributed by atoms with Crippen LogP contribution in [0.15, 0.2) is 167 Å². The van der Waals surface area contributed by atoms with Crippen molar-refractivity contribution < 1.29 is 8.83 Å². The van der Waals surface area contributed by atoms with E-state index in [4.69, 9.17) is 8.83 Å². The summed E-state index contributed by atoms with van der Waals surface area (Å²) in [6.07, 6.45) is 16.4. The van der Waals surface area contributed by atoms with E-state index in [1.165, 1.54) is 38.4 Å². The van der Waals surface area contributed by atoms with E-state index in [0.29, 0.717) is 0 Å². The molecule has 0 fully saturated rings. The van der Waals surface area contributed by atoms with E-state index in [9.17, 15) is 0 Å². The molecule has 8 aromatic rings. The van der Waals surface area contributed by atoms with Crippen LogP contribution in [0.25, 0.3) is 67.1 Å². The van der Waals surface area contributed by atoms with E-state index in [1.54, 1.807) is 0 Å². The number of hydrogen-bond donors (Lipinski definition) is 0. The zero-order valence-corrected chi connectivity index (χ0v) is 29.2. The number of rotatable bonds is 5. The minimum atomic E-state index is 0.889. The lowest BCUT2D eigenvalue weighted by molar-refractivity contribution is 0.595. The highest BCUT2D eigenvalue weighted by Crippen LogP contribution is 2.40. The third-order valence-electron chi connectivity index (χ3n) is 10.6. The van der Waals surface area contributed by atoms with E-state index in [-0.39, 0.29) is 0 Å². The molecule has 254 valence electrons. The third kappa shape index (κ3) is 5.79. The van der Waals surface area contributed by atoms with Crippen LogP contribution >= 0.6 is 0 Å². The molecule has 4 nitrogen and oxygen atoms in total. The summed E-state index contributed by atoms with van der Waals surface area (Å²) >= 11 is 0. The molecular weight excluding hydrogens is 649 g/mol. The molecule has 0 aliphatic heterocycles. The first-order valence-electron chi connectivity index (χ1n) is 18.4. The standard InChI is InChI=1S/C49H36N2O2/c1-2-10-43-42-11-3-5-13-46(42)52-48(43)15-7-9-39(8-1)51(40-23-20-35(21-24-40)33-16-18-34(19-17-33)36-26-28-50-29-27-36)41-25-22-37-31-45-44-12-4-6-14-47(44)53-49(45)32-38(37)30-41/h1-2,5-10,13-32H,3-4,11-12H2. The molecule has 0 spiro atoms. The van der Waals surface area contributed by atoms with E-state index in [0.717, 1.165) is 81.9 Å². The van der Waals surface area contributed by atoms with Crippen molar-refractivity contribution in [1.29, 1.82) is 0 Å². The predicted octanol–water partition coefficient (Wildman–Crippen LogP) is 13.6. The normalized spacial score (nSPS) is 13.2. The highest BCUT2D eigenvalue weighted by molar-refractivity contribution is 6.00. The molecule has 3 aromatic heterocycles. The Labute approximate surface area is 308 Å². The van der Waals surface area contributed by atoms with Gasteiger partial charge in [0.05, 0.1) is 0 Å². The van der Waals surface area contributed by atoms with Crippen molar-refractivity contribution in [3.05, 3.63) is 181 Å². The van der Waals surface area contributed by atoms with Crippen molar-refractivity contribution in [1.82, 2.24) is 4.98 Å². The summed E-state index contributed by atoms with van der Waals surface area (Å²) in [5, 5.41) is 4.72. The predicted molar refractivity (Wildman–Crippen MR) is 219 cm³/mol. The molecule has 5 aromatic carbocycles. The number of furan rings is 2. The second kappa shape index (κ2) is 13.2. The monoisotopic (exact) mass is 684 g/mol. The molecule has 0 N–H and O–H groups in total. The number of benzene rings is 4. The summed E-state index contributed by atoms with van der Waals surface area (Å²) in [7, 11) is 0. The van der Waals surface area contributed by atoms with Crippen LogP contribution in [-0.4, -0.2) is 4.98 Å². The fourth-order valence-electron chi connectivity index (χ4n) is 7.87. The molecule has 4 heteroatoms. The topological polar surface area (TPSA) is 42.4 Å². The highest BCUT2D eigenvalue weighted by Gasteiger charge is 2.18. The van der Waals surface area contributed by atoms with Crippen molar-refractivity contribution in [2.45, 2.75) is 25.7 Å². The first kappa shape index (κ1) is 31.1. The molecule has 0 saturated heterocycles. The number of nitrogens with zero attached hydrogens (tertiary/aromatic N) is 2. The molecule has 0 atom stereocenters. The summed E-state index contributed by atoms with van der Waals surface area (Å²) in [6, 6.07) is 47.9. The Kier molecular flexibility index (Phi) is 7.72. The van der Waals surface area contributed by atoms with Crippen molar-refractivity contribution in [2.75, 3.05) is 4.90 Å². The molecule has 10 rings (SSSR count). The number of aryl methyl sites for hydroxylation is 2. The van der Waals surface area contributed by atoms with Crippen LogP contribution in [0, 0.1) is 0 Å². The van der Waals surface area contributed by atoms with E-state index >= 15 is 0 Å². The number of anilines is 3. The van der Waals surface area contributed by atoms with Crippen LogP contribution in [0.4, 0.5) is 17.1 Å². The maximum absolute atomic E-state index is 6.35. The third-order valence-corrected chi connectivity index (χ3v) is 10.6. The Morgan fingerprint density at radius 3 is 1.77 bits per heavy atom. The summed E-state index contributed by atoms with van der Waals surface area (Å²) in [5.41, 5.74) is 12.2. The molecule has 0 amide bonds. The molecule has 0 saturated carbocycles. The Balaban J connectivity index is 1.08. The second-order valence-corrected chi connectivity index (χ2v) is 13.8. The fourth-order valence-corrected chi connectivity index (χ4v) is 7.87. The van der Waals surface area contributed by atoms with E-state index in [2.05, 4.69) is 156 Å². The first-order valence-corrected chi connectivity index (χ1v) is 18.4. The van der Waals surface area contributed by atoms with Gasteiger partial charge in [-0.2, -0.15) is 0 Å². The largest absolute Gasteiger partial charge is 0.456 e. The van der Waals surface area contributed by atoms with Crippen LogP contribution in [0.2, 0.25) is 0 Å². The first-order chi connectivity index (χ1) is 26.2. The number of fused-ring (bicyclic) bond motifs is 7. The summed E-state index contributed by atoms with van der Waals surface area (Å²) in [6.45, 7) is 0. The Bertz CT molecular complexity index is 2710. The van der Waals surface area contributed by atoms with Gasteiger partial charge in [-0.15, -0.1) is 0 Å². The van der Waals surface area contributed by atoms with Gasteiger partial charge in [0.25, 0.3) is 0 Å². The minimum Gasteiger partial charge on any atom is -0.456 e. The molecule has 0 bridgehead atoms. The number of aromatic nitrogens is 1. The Morgan fingerprint density at radius 2 is 1.04 bits per heavy atom. The van der Waals surface area contributed by atoms with Gasteiger partial charge in [-0.25, -0.2) is 0 Å². The lowest BCUT2D eigenvalue weighted by Crippen LogP contribution is -2.09. The zero-order chi connectivity index (χ0) is 35.1. The quantitative estimate of drug-likeness (QED) is 0.181. The smallest absolute Gasteiger partial charge is 0.135 e. The SMILES string of the molecule is C1=Cc2oc3cccc(N(c4ccc(-c5ccc(-c6ccncc6)cc5)cc4)c4ccc5cc6c7c(oc6cc5c4)C=CCC7)ccccc3c2CC1.